The average Bonchev–Trinajstić information content (AvgIpc) is 3.41. The SMILES string of the molecule is CNC(=O)Cc1ccc2nc(CCCOc3cccc(N4CCCC4)c3C)[nH]c2c1. The van der Waals surface area contributed by atoms with Crippen molar-refractivity contribution >= 4 is 22.6 Å². The van der Waals surface area contributed by atoms with Gasteiger partial charge in [0.2, 0.25) is 5.91 Å². The van der Waals surface area contributed by atoms with Gasteiger partial charge in [-0.1, -0.05) is 12.1 Å². The molecule has 2 N–H and O–H groups in total. The fourth-order valence-corrected chi connectivity index (χ4v) is 4.09. The summed E-state index contributed by atoms with van der Waals surface area (Å²) < 4.78 is 6.10. The van der Waals surface area contributed by atoms with Crippen LogP contribution in [0.5, 0.6) is 5.75 Å². The van der Waals surface area contributed by atoms with Gasteiger partial charge in [-0.25, -0.2) is 4.98 Å². The Balaban J connectivity index is 1.33. The molecule has 4 rings (SSSR count). The molecule has 1 aliphatic rings. The van der Waals surface area contributed by atoms with E-state index < -0.39 is 0 Å². The van der Waals surface area contributed by atoms with Crippen LogP contribution >= 0.6 is 0 Å². The van der Waals surface area contributed by atoms with Crippen molar-refractivity contribution in [3.8, 4) is 5.75 Å². The van der Waals surface area contributed by atoms with Gasteiger partial charge in [0, 0.05) is 37.8 Å². The molecular weight excluding hydrogens is 376 g/mol. The normalized spacial score (nSPS) is 13.7. The number of likely N-dealkylation sites (N-methyl/N-ethyl adjacent to an activating group) is 1. The maximum absolute atomic E-state index is 11.6. The number of aryl methyl sites for hydroxylation is 1. The number of amides is 1. The number of imidazole rings is 1. The van der Waals surface area contributed by atoms with Crippen LogP contribution in [0.3, 0.4) is 0 Å². The zero-order valence-electron chi connectivity index (χ0n) is 17.8. The van der Waals surface area contributed by atoms with Gasteiger partial charge < -0.3 is 19.9 Å². The smallest absolute Gasteiger partial charge is 0.224 e. The number of carbonyl (C=O) groups is 1. The Kier molecular flexibility index (Phi) is 6.21. The van der Waals surface area contributed by atoms with Gasteiger partial charge in [-0.15, -0.1) is 0 Å². The molecule has 2 aromatic carbocycles. The van der Waals surface area contributed by atoms with Crippen molar-refractivity contribution in [2.45, 2.75) is 39.0 Å². The molecule has 1 aromatic heterocycles. The van der Waals surface area contributed by atoms with E-state index in [-0.39, 0.29) is 5.91 Å². The van der Waals surface area contributed by atoms with Gasteiger partial charge in [0.05, 0.1) is 24.1 Å². The number of benzene rings is 2. The lowest BCUT2D eigenvalue weighted by atomic mass is 10.1. The monoisotopic (exact) mass is 406 g/mol. The molecule has 30 heavy (non-hydrogen) atoms. The number of carbonyl (C=O) groups excluding carboxylic acids is 1. The zero-order valence-corrected chi connectivity index (χ0v) is 17.8. The molecule has 158 valence electrons. The molecule has 0 unspecified atom stereocenters. The predicted octanol–water partition coefficient (Wildman–Crippen LogP) is 3.77. The summed E-state index contributed by atoms with van der Waals surface area (Å²) in [6.45, 7) is 5.09. The quantitative estimate of drug-likeness (QED) is 0.559. The van der Waals surface area contributed by atoms with Crippen molar-refractivity contribution in [3.63, 3.8) is 0 Å². The van der Waals surface area contributed by atoms with Crippen LogP contribution in [-0.4, -0.2) is 42.6 Å². The zero-order chi connectivity index (χ0) is 20.9. The number of anilines is 1. The second-order valence-corrected chi connectivity index (χ2v) is 7.93. The number of hydrogen-bond donors (Lipinski definition) is 2. The molecule has 0 aliphatic carbocycles. The van der Waals surface area contributed by atoms with Gasteiger partial charge in [-0.2, -0.15) is 0 Å². The molecule has 0 saturated carbocycles. The summed E-state index contributed by atoms with van der Waals surface area (Å²) in [6, 6.07) is 12.3. The van der Waals surface area contributed by atoms with Gasteiger partial charge >= 0.3 is 0 Å². The first-order valence-corrected chi connectivity index (χ1v) is 10.8. The molecule has 6 heteroatoms. The Morgan fingerprint density at radius 1 is 1.23 bits per heavy atom. The molecule has 2 heterocycles. The molecule has 0 atom stereocenters. The summed E-state index contributed by atoms with van der Waals surface area (Å²) >= 11 is 0. The molecule has 1 saturated heterocycles. The molecule has 1 fully saturated rings. The highest BCUT2D eigenvalue weighted by molar-refractivity contribution is 5.81. The van der Waals surface area contributed by atoms with E-state index in [2.05, 4.69) is 45.3 Å². The number of hydrogen-bond acceptors (Lipinski definition) is 4. The first-order chi connectivity index (χ1) is 14.6. The number of nitrogens with zero attached hydrogens (tertiary/aromatic N) is 2. The van der Waals surface area contributed by atoms with Crippen molar-refractivity contribution in [1.82, 2.24) is 15.3 Å². The van der Waals surface area contributed by atoms with Gasteiger partial charge in [-0.05, 0) is 56.0 Å². The molecule has 1 amide bonds. The van der Waals surface area contributed by atoms with E-state index in [1.807, 2.05) is 18.2 Å². The fourth-order valence-electron chi connectivity index (χ4n) is 4.09. The number of rotatable bonds is 8. The lowest BCUT2D eigenvalue weighted by Crippen LogP contribution is -2.19. The minimum atomic E-state index is 0.00957. The Bertz CT molecular complexity index is 1020. The van der Waals surface area contributed by atoms with Gasteiger partial charge in [0.15, 0.2) is 0 Å². The Morgan fingerprint density at radius 2 is 2.07 bits per heavy atom. The van der Waals surface area contributed by atoms with Crippen LogP contribution in [0.1, 0.15) is 36.2 Å². The van der Waals surface area contributed by atoms with Crippen LogP contribution in [0.4, 0.5) is 5.69 Å². The summed E-state index contributed by atoms with van der Waals surface area (Å²) in [4.78, 5) is 22.1. The van der Waals surface area contributed by atoms with Gasteiger partial charge in [-0.3, -0.25) is 4.79 Å². The first-order valence-electron chi connectivity index (χ1n) is 10.8. The van der Waals surface area contributed by atoms with Crippen LogP contribution in [0.2, 0.25) is 0 Å². The van der Waals surface area contributed by atoms with E-state index in [9.17, 15) is 4.79 Å². The largest absolute Gasteiger partial charge is 0.493 e. The van der Waals surface area contributed by atoms with Crippen LogP contribution in [-0.2, 0) is 17.6 Å². The number of aromatic amines is 1. The summed E-state index contributed by atoms with van der Waals surface area (Å²) in [7, 11) is 1.65. The molecular formula is C24H30N4O2. The lowest BCUT2D eigenvalue weighted by molar-refractivity contribution is -0.119. The highest BCUT2D eigenvalue weighted by Gasteiger charge is 2.16. The van der Waals surface area contributed by atoms with Crippen LogP contribution < -0.4 is 15.0 Å². The summed E-state index contributed by atoms with van der Waals surface area (Å²) in [6.07, 6.45) is 4.64. The van der Waals surface area contributed by atoms with E-state index in [1.165, 1.54) is 24.1 Å². The van der Waals surface area contributed by atoms with Gasteiger partial charge in [0.25, 0.3) is 0 Å². The topological polar surface area (TPSA) is 70.2 Å². The molecule has 0 bridgehead atoms. The first kappa shape index (κ1) is 20.3. The Labute approximate surface area is 177 Å². The predicted molar refractivity (Wildman–Crippen MR) is 120 cm³/mol. The number of aromatic nitrogens is 2. The summed E-state index contributed by atoms with van der Waals surface area (Å²) in [5.74, 6) is 1.94. The van der Waals surface area contributed by atoms with E-state index in [1.54, 1.807) is 7.05 Å². The number of ether oxygens (including phenoxy) is 1. The third-order valence-corrected chi connectivity index (χ3v) is 5.76. The third-order valence-electron chi connectivity index (χ3n) is 5.76. The Morgan fingerprint density at radius 3 is 2.87 bits per heavy atom. The highest BCUT2D eigenvalue weighted by atomic mass is 16.5. The van der Waals surface area contributed by atoms with Crippen molar-refractivity contribution in [1.29, 1.82) is 0 Å². The fraction of sp³-hybridized carbons (Fsp3) is 0.417. The number of H-pyrrole nitrogens is 1. The van der Waals surface area contributed by atoms with E-state index in [0.29, 0.717) is 13.0 Å². The van der Waals surface area contributed by atoms with E-state index in [4.69, 9.17) is 4.74 Å². The van der Waals surface area contributed by atoms with E-state index >= 15 is 0 Å². The van der Waals surface area contributed by atoms with Crippen LogP contribution in [0.15, 0.2) is 36.4 Å². The molecule has 6 nitrogen and oxygen atoms in total. The second-order valence-electron chi connectivity index (χ2n) is 7.93. The molecule has 1 aliphatic heterocycles. The third kappa shape index (κ3) is 4.58. The number of nitrogens with one attached hydrogen (secondary N) is 2. The van der Waals surface area contributed by atoms with Crippen LogP contribution in [0, 0.1) is 6.92 Å². The molecule has 0 radical (unpaired) electrons. The highest BCUT2D eigenvalue weighted by Crippen LogP contribution is 2.30. The molecule has 3 aromatic rings. The maximum atomic E-state index is 11.6. The van der Waals surface area contributed by atoms with Crippen LogP contribution in [0.25, 0.3) is 11.0 Å². The average molecular weight is 407 g/mol. The van der Waals surface area contributed by atoms with Crippen molar-refractivity contribution in [2.24, 2.45) is 0 Å². The number of fused-ring (bicyclic) bond motifs is 1. The molecule has 0 spiro atoms. The second kappa shape index (κ2) is 9.20. The summed E-state index contributed by atoms with van der Waals surface area (Å²) in [5, 5.41) is 2.66. The standard InChI is InChI=1S/C24H30N4O2/c1-17-21(28-12-3-4-13-28)7-5-8-22(17)30-14-6-9-23-26-19-11-10-18(15-20(19)27-23)16-24(29)25-2/h5,7-8,10-11,15H,3-4,6,9,12-14,16H2,1-2H3,(H,25,29)(H,26,27). The Hall–Kier alpha value is -3.02. The minimum Gasteiger partial charge on any atom is -0.493 e. The summed E-state index contributed by atoms with van der Waals surface area (Å²) in [5.41, 5.74) is 5.41. The van der Waals surface area contributed by atoms with Gasteiger partial charge in [0.1, 0.15) is 11.6 Å². The van der Waals surface area contributed by atoms with Crippen molar-refractivity contribution in [3.05, 3.63) is 53.3 Å². The maximum Gasteiger partial charge on any atom is 0.224 e. The van der Waals surface area contributed by atoms with Crippen molar-refractivity contribution in [2.75, 3.05) is 31.6 Å². The van der Waals surface area contributed by atoms with Crippen molar-refractivity contribution < 1.29 is 9.53 Å². The lowest BCUT2D eigenvalue weighted by Gasteiger charge is -2.21. The van der Waals surface area contributed by atoms with E-state index in [0.717, 1.165) is 54.1 Å². The minimum absolute atomic E-state index is 0.00957.